The molecule has 0 unspecified atom stereocenters. The van der Waals surface area contributed by atoms with Gasteiger partial charge in [0.15, 0.2) is 0 Å². The van der Waals surface area contributed by atoms with E-state index in [1.807, 2.05) is 84.9 Å². The average molecular weight is 369 g/mol. The number of nitrogens with one attached hydrogen (secondary N) is 2. The number of benzene rings is 3. The highest BCUT2D eigenvalue weighted by atomic mass is 16.5. The number of aromatic nitrogens is 1. The molecule has 1 heterocycles. The zero-order chi connectivity index (χ0) is 19.2. The minimum absolute atomic E-state index is 0.136. The minimum atomic E-state index is -0.136. The Morgan fingerprint density at radius 3 is 2.39 bits per heavy atom. The van der Waals surface area contributed by atoms with Crippen molar-refractivity contribution in [2.45, 2.75) is 0 Å². The predicted molar refractivity (Wildman–Crippen MR) is 112 cm³/mol. The maximum absolute atomic E-state index is 12.3. The Kier molecular flexibility index (Phi) is 5.15. The number of pyridine rings is 1. The van der Waals surface area contributed by atoms with Gasteiger partial charge in [-0.3, -0.25) is 9.78 Å². The maximum atomic E-state index is 12.3. The summed E-state index contributed by atoms with van der Waals surface area (Å²) in [5.41, 5.74) is 2.32. The van der Waals surface area contributed by atoms with Crippen molar-refractivity contribution < 1.29 is 9.53 Å². The van der Waals surface area contributed by atoms with Crippen LogP contribution in [0.1, 0.15) is 0 Å². The Morgan fingerprint density at radius 2 is 1.57 bits per heavy atom. The number of amides is 1. The molecular weight excluding hydrogens is 350 g/mol. The van der Waals surface area contributed by atoms with Crippen LogP contribution in [-0.2, 0) is 4.79 Å². The number of ether oxygens (including phenoxy) is 1. The molecule has 0 saturated carbocycles. The van der Waals surface area contributed by atoms with Crippen LogP contribution in [0, 0.1) is 0 Å². The maximum Gasteiger partial charge on any atom is 0.243 e. The van der Waals surface area contributed by atoms with Crippen molar-refractivity contribution in [3.05, 3.63) is 91.1 Å². The molecule has 0 bridgehead atoms. The molecule has 3 aromatic carbocycles. The second-order valence-electron chi connectivity index (χ2n) is 6.22. The van der Waals surface area contributed by atoms with Crippen molar-refractivity contribution in [2.75, 3.05) is 17.2 Å². The number of hydrogen-bond acceptors (Lipinski definition) is 4. The van der Waals surface area contributed by atoms with Gasteiger partial charge in [-0.2, -0.15) is 0 Å². The molecule has 0 spiro atoms. The zero-order valence-electron chi connectivity index (χ0n) is 15.1. The summed E-state index contributed by atoms with van der Waals surface area (Å²) >= 11 is 0. The molecule has 5 nitrogen and oxygen atoms in total. The first-order valence-electron chi connectivity index (χ1n) is 8.98. The molecular formula is C23H19N3O2. The first-order chi connectivity index (χ1) is 13.8. The summed E-state index contributed by atoms with van der Waals surface area (Å²) in [5.74, 6) is 1.39. The lowest BCUT2D eigenvalue weighted by Gasteiger charge is -2.10. The third-order valence-corrected chi connectivity index (χ3v) is 4.19. The molecule has 0 atom stereocenters. The second-order valence-corrected chi connectivity index (χ2v) is 6.22. The van der Waals surface area contributed by atoms with Crippen molar-refractivity contribution in [3.8, 4) is 11.5 Å². The molecule has 1 aromatic heterocycles. The van der Waals surface area contributed by atoms with E-state index in [1.54, 1.807) is 6.20 Å². The molecule has 0 aliphatic carbocycles. The third kappa shape index (κ3) is 4.27. The Labute approximate surface area is 163 Å². The van der Waals surface area contributed by atoms with Crippen LogP contribution >= 0.6 is 0 Å². The van der Waals surface area contributed by atoms with E-state index in [-0.39, 0.29) is 12.5 Å². The summed E-state index contributed by atoms with van der Waals surface area (Å²) < 4.78 is 5.76. The summed E-state index contributed by atoms with van der Waals surface area (Å²) in [7, 11) is 0. The first-order valence-corrected chi connectivity index (χ1v) is 8.98. The highest BCUT2D eigenvalue weighted by Crippen LogP contribution is 2.23. The van der Waals surface area contributed by atoms with Gasteiger partial charge in [0.05, 0.1) is 17.7 Å². The third-order valence-electron chi connectivity index (χ3n) is 4.19. The smallest absolute Gasteiger partial charge is 0.243 e. The SMILES string of the molecule is O=C(CNc1ccc(Oc2ccccc2)cc1)Nc1cccc2cccnc12. The zero-order valence-corrected chi connectivity index (χ0v) is 15.1. The van der Waals surface area contributed by atoms with Gasteiger partial charge in [0.1, 0.15) is 11.5 Å². The van der Waals surface area contributed by atoms with Gasteiger partial charge < -0.3 is 15.4 Å². The van der Waals surface area contributed by atoms with E-state index < -0.39 is 0 Å². The molecule has 0 aliphatic heterocycles. The number of fused-ring (bicyclic) bond motifs is 1. The Hall–Kier alpha value is -3.86. The Balaban J connectivity index is 1.34. The van der Waals surface area contributed by atoms with E-state index in [1.165, 1.54) is 0 Å². The van der Waals surface area contributed by atoms with Crippen LogP contribution in [0.3, 0.4) is 0 Å². The molecule has 5 heteroatoms. The van der Waals surface area contributed by atoms with E-state index in [0.29, 0.717) is 5.69 Å². The molecule has 0 aliphatic rings. The van der Waals surface area contributed by atoms with Gasteiger partial charge in [-0.05, 0) is 48.5 Å². The molecule has 2 N–H and O–H groups in total. The number of anilines is 2. The lowest BCUT2D eigenvalue weighted by atomic mass is 10.2. The fourth-order valence-electron chi connectivity index (χ4n) is 2.85. The largest absolute Gasteiger partial charge is 0.457 e. The quantitative estimate of drug-likeness (QED) is 0.498. The van der Waals surface area contributed by atoms with Gasteiger partial charge in [0.2, 0.25) is 5.91 Å². The lowest BCUT2D eigenvalue weighted by molar-refractivity contribution is -0.114. The van der Waals surface area contributed by atoms with Crippen LogP contribution in [0.25, 0.3) is 10.9 Å². The number of carbonyl (C=O) groups is 1. The number of para-hydroxylation sites is 2. The summed E-state index contributed by atoms with van der Waals surface area (Å²) in [6.45, 7) is 0.155. The van der Waals surface area contributed by atoms with Gasteiger partial charge >= 0.3 is 0 Å². The molecule has 28 heavy (non-hydrogen) atoms. The van der Waals surface area contributed by atoms with Crippen molar-refractivity contribution >= 4 is 28.2 Å². The van der Waals surface area contributed by atoms with E-state index in [0.717, 1.165) is 28.1 Å². The van der Waals surface area contributed by atoms with E-state index in [9.17, 15) is 4.79 Å². The Bertz CT molecular complexity index is 1070. The molecule has 138 valence electrons. The van der Waals surface area contributed by atoms with Crippen molar-refractivity contribution in [2.24, 2.45) is 0 Å². The number of nitrogens with zero attached hydrogens (tertiary/aromatic N) is 1. The molecule has 0 saturated heterocycles. The monoisotopic (exact) mass is 369 g/mol. The summed E-state index contributed by atoms with van der Waals surface area (Å²) in [6.07, 6.45) is 1.72. The molecule has 1 amide bonds. The average Bonchev–Trinajstić information content (AvgIpc) is 2.74. The molecule has 0 fully saturated rings. The molecule has 0 radical (unpaired) electrons. The van der Waals surface area contributed by atoms with Gasteiger partial charge in [0, 0.05) is 17.3 Å². The van der Waals surface area contributed by atoms with Crippen LogP contribution in [0.5, 0.6) is 11.5 Å². The minimum Gasteiger partial charge on any atom is -0.457 e. The lowest BCUT2D eigenvalue weighted by Crippen LogP contribution is -2.21. The molecule has 4 aromatic rings. The highest BCUT2D eigenvalue weighted by molar-refractivity contribution is 6.01. The summed E-state index contributed by atoms with van der Waals surface area (Å²) in [4.78, 5) is 16.7. The van der Waals surface area contributed by atoms with Crippen LogP contribution in [0.4, 0.5) is 11.4 Å². The summed E-state index contributed by atoms with van der Waals surface area (Å²) in [6, 6.07) is 26.6. The summed E-state index contributed by atoms with van der Waals surface area (Å²) in [5, 5.41) is 7.01. The van der Waals surface area contributed by atoms with Gasteiger partial charge in [-0.15, -0.1) is 0 Å². The Morgan fingerprint density at radius 1 is 0.821 bits per heavy atom. The van der Waals surface area contributed by atoms with E-state index >= 15 is 0 Å². The van der Waals surface area contributed by atoms with Crippen molar-refractivity contribution in [1.82, 2.24) is 4.98 Å². The van der Waals surface area contributed by atoms with Crippen LogP contribution in [-0.4, -0.2) is 17.4 Å². The predicted octanol–water partition coefficient (Wildman–Crippen LogP) is 5.08. The van der Waals surface area contributed by atoms with Gasteiger partial charge in [0.25, 0.3) is 0 Å². The van der Waals surface area contributed by atoms with Crippen LogP contribution in [0.15, 0.2) is 91.1 Å². The fraction of sp³-hybridized carbons (Fsp3) is 0.0435. The van der Waals surface area contributed by atoms with E-state index in [2.05, 4.69) is 15.6 Å². The van der Waals surface area contributed by atoms with Gasteiger partial charge in [-0.1, -0.05) is 36.4 Å². The number of rotatable bonds is 6. The molecule has 4 rings (SSSR count). The number of hydrogen-bond donors (Lipinski definition) is 2. The highest BCUT2D eigenvalue weighted by Gasteiger charge is 2.06. The van der Waals surface area contributed by atoms with Crippen LogP contribution < -0.4 is 15.4 Å². The topological polar surface area (TPSA) is 63.2 Å². The van der Waals surface area contributed by atoms with Crippen molar-refractivity contribution in [1.29, 1.82) is 0 Å². The van der Waals surface area contributed by atoms with E-state index in [4.69, 9.17) is 4.74 Å². The second kappa shape index (κ2) is 8.22. The standard InChI is InChI=1S/C23H19N3O2/c27-22(26-21-10-4-6-17-7-5-15-24-23(17)21)16-25-18-11-13-20(14-12-18)28-19-8-2-1-3-9-19/h1-15,25H,16H2,(H,26,27). The normalized spacial score (nSPS) is 10.4. The van der Waals surface area contributed by atoms with Crippen LogP contribution in [0.2, 0.25) is 0 Å². The van der Waals surface area contributed by atoms with Gasteiger partial charge in [-0.25, -0.2) is 0 Å². The fourth-order valence-corrected chi connectivity index (χ4v) is 2.85. The first kappa shape index (κ1) is 17.5. The number of carbonyl (C=O) groups excluding carboxylic acids is 1. The van der Waals surface area contributed by atoms with Crippen molar-refractivity contribution in [3.63, 3.8) is 0 Å².